The molecule has 190 valence electrons. The summed E-state index contributed by atoms with van der Waals surface area (Å²) < 4.78 is 18.0. The van der Waals surface area contributed by atoms with E-state index in [-0.39, 0.29) is 23.1 Å². The van der Waals surface area contributed by atoms with E-state index in [1.165, 1.54) is 89.9 Å². The van der Waals surface area contributed by atoms with Crippen LogP contribution in [0, 0.1) is 0 Å². The quantitative estimate of drug-likeness (QED) is 0.147. The Morgan fingerprint density at radius 1 is 0.581 bits per heavy atom. The van der Waals surface area contributed by atoms with Crippen LogP contribution in [0.15, 0.2) is 0 Å². The zero-order chi connectivity index (χ0) is 22.3. The number of unbranched alkanes of at least 4 members (excludes halogenated alkanes) is 13. The van der Waals surface area contributed by atoms with Gasteiger partial charge in [-0.05, 0) is 6.42 Å². The Kier molecular flexibility index (Phi) is 27.0. The van der Waals surface area contributed by atoms with Gasteiger partial charge in [0.25, 0.3) is 0 Å². The van der Waals surface area contributed by atoms with Gasteiger partial charge in [0.1, 0.15) is 6.10 Å². The predicted octanol–water partition coefficient (Wildman–Crippen LogP) is 3.62. The highest BCUT2D eigenvalue weighted by Gasteiger charge is 2.09. The molecule has 5 heteroatoms. The van der Waals surface area contributed by atoms with Crippen LogP contribution >= 0.6 is 0 Å². The topological polar surface area (TPSA) is 27.7 Å². The van der Waals surface area contributed by atoms with E-state index in [9.17, 15) is 0 Å². The van der Waals surface area contributed by atoms with Gasteiger partial charge in [-0.1, -0.05) is 90.4 Å². The zero-order valence-electron chi connectivity index (χ0n) is 21.8. The first kappa shape index (κ1) is 33.5. The summed E-state index contributed by atoms with van der Waals surface area (Å²) in [6.07, 6.45) is 20.6. The molecule has 0 heterocycles. The second-order valence-electron chi connectivity index (χ2n) is 9.97. The molecule has 0 aliphatic heterocycles. The molecule has 0 spiro atoms. The zero-order valence-corrected chi connectivity index (χ0v) is 23.4. The molecule has 0 aromatic carbocycles. The first-order valence-electron chi connectivity index (χ1n) is 13.0. The second-order valence-corrected chi connectivity index (χ2v) is 9.97. The minimum Gasteiger partial charge on any atom is -1.00 e. The lowest BCUT2D eigenvalue weighted by Crippen LogP contribution is -3.00. The molecule has 0 saturated heterocycles. The fourth-order valence-corrected chi connectivity index (χ4v) is 3.65. The Morgan fingerprint density at radius 3 is 1.35 bits per heavy atom. The van der Waals surface area contributed by atoms with Gasteiger partial charge in [-0.3, -0.25) is 0 Å². The van der Waals surface area contributed by atoms with E-state index in [0.717, 1.165) is 30.7 Å². The van der Waals surface area contributed by atoms with Crippen molar-refractivity contribution in [3.63, 3.8) is 0 Å². The average molecular weight is 511 g/mol. The summed E-state index contributed by atoms with van der Waals surface area (Å²) in [6, 6.07) is 0. The third-order valence-electron chi connectivity index (χ3n) is 5.70. The van der Waals surface area contributed by atoms with Crippen molar-refractivity contribution in [1.82, 2.24) is 0 Å². The molecule has 31 heavy (non-hydrogen) atoms. The van der Waals surface area contributed by atoms with E-state index in [0.29, 0.717) is 13.2 Å². The highest BCUT2D eigenvalue weighted by molar-refractivity contribution is 4.55. The lowest BCUT2D eigenvalue weighted by Gasteiger charge is -2.23. The first-order valence-corrected chi connectivity index (χ1v) is 13.0. The molecule has 0 radical (unpaired) electrons. The number of ether oxygens (including phenoxy) is 3. The first-order chi connectivity index (χ1) is 14.5. The summed E-state index contributed by atoms with van der Waals surface area (Å²) in [7, 11) is 8.38. The molecule has 0 saturated carbocycles. The van der Waals surface area contributed by atoms with E-state index in [2.05, 4.69) is 28.1 Å². The smallest absolute Gasteiger partial charge is 0.104 e. The molecule has 0 amide bonds. The number of halogens is 1. The lowest BCUT2D eigenvalue weighted by molar-refractivity contribution is -0.870. The number of nitrogens with zero attached hydrogens (tertiary/aromatic N) is 1. The Hall–Kier alpha value is 0.320. The highest BCUT2D eigenvalue weighted by atomic mass is 79.9. The molecule has 0 aliphatic carbocycles. The monoisotopic (exact) mass is 509 g/mol. The molecule has 4 nitrogen and oxygen atoms in total. The summed E-state index contributed by atoms with van der Waals surface area (Å²) in [5.74, 6) is 0. The van der Waals surface area contributed by atoms with Crippen molar-refractivity contribution in [2.75, 3.05) is 61.2 Å². The molecular formula is C26H56BrNO3. The fourth-order valence-electron chi connectivity index (χ4n) is 3.65. The van der Waals surface area contributed by atoms with Crippen LogP contribution in [0.3, 0.4) is 0 Å². The van der Waals surface area contributed by atoms with Crippen LogP contribution in [0.2, 0.25) is 0 Å². The maximum Gasteiger partial charge on any atom is 0.104 e. The van der Waals surface area contributed by atoms with Gasteiger partial charge in [0.2, 0.25) is 0 Å². The number of hydrogen-bond donors (Lipinski definition) is 0. The average Bonchev–Trinajstić information content (AvgIpc) is 2.70. The van der Waals surface area contributed by atoms with Gasteiger partial charge in [0.05, 0.1) is 47.5 Å². The largest absolute Gasteiger partial charge is 1.00 e. The van der Waals surface area contributed by atoms with Gasteiger partial charge in [-0.25, -0.2) is 0 Å². The van der Waals surface area contributed by atoms with Crippen molar-refractivity contribution in [2.24, 2.45) is 0 Å². The van der Waals surface area contributed by atoms with Crippen LogP contribution in [-0.2, 0) is 14.2 Å². The maximum absolute atomic E-state index is 5.80. The molecule has 0 rings (SSSR count). The third kappa shape index (κ3) is 28.3. The molecule has 0 fully saturated rings. The van der Waals surface area contributed by atoms with Gasteiger partial charge in [-0.2, -0.15) is 0 Å². The molecule has 0 bridgehead atoms. The van der Waals surface area contributed by atoms with Crippen molar-refractivity contribution in [2.45, 2.75) is 109 Å². The molecule has 0 aromatic heterocycles. The second kappa shape index (κ2) is 25.0. The van der Waals surface area contributed by atoms with E-state index in [4.69, 9.17) is 14.2 Å². The number of hydrogen-bond acceptors (Lipinski definition) is 3. The standard InChI is InChI=1S/C26H56NO3.BrH/c1-6-7-8-9-10-11-12-13-14-15-16-17-18-19-22-29-24-26(28-5)25-30-23-20-21-27(2,3)4;/h26H,6-25H2,1-5H3;1H/q+1;/p-1. The van der Waals surface area contributed by atoms with E-state index in [1.807, 2.05) is 0 Å². The van der Waals surface area contributed by atoms with Crippen molar-refractivity contribution in [1.29, 1.82) is 0 Å². The van der Waals surface area contributed by atoms with Gasteiger partial charge in [0.15, 0.2) is 0 Å². The minimum absolute atomic E-state index is 0. The number of quaternary nitrogens is 1. The Balaban J connectivity index is 0. The molecule has 1 unspecified atom stereocenters. The van der Waals surface area contributed by atoms with Crippen LogP contribution in [0.5, 0.6) is 0 Å². The lowest BCUT2D eigenvalue weighted by atomic mass is 10.0. The van der Waals surface area contributed by atoms with E-state index in [1.54, 1.807) is 7.11 Å². The summed E-state index contributed by atoms with van der Waals surface area (Å²) in [6.45, 7) is 6.34. The summed E-state index contributed by atoms with van der Waals surface area (Å²) in [5, 5.41) is 0. The van der Waals surface area contributed by atoms with Crippen LogP contribution in [0.4, 0.5) is 0 Å². The van der Waals surface area contributed by atoms with Crippen LogP contribution in [0.25, 0.3) is 0 Å². The summed E-state index contributed by atoms with van der Waals surface area (Å²) in [5.41, 5.74) is 0. The third-order valence-corrected chi connectivity index (χ3v) is 5.70. The minimum atomic E-state index is 0. The molecular weight excluding hydrogens is 454 g/mol. The highest BCUT2D eigenvalue weighted by Crippen LogP contribution is 2.13. The summed E-state index contributed by atoms with van der Waals surface area (Å²) in [4.78, 5) is 0. The van der Waals surface area contributed by atoms with Crippen LogP contribution < -0.4 is 17.0 Å². The van der Waals surface area contributed by atoms with Crippen molar-refractivity contribution < 1.29 is 35.7 Å². The Morgan fingerprint density at radius 2 is 0.968 bits per heavy atom. The fraction of sp³-hybridized carbons (Fsp3) is 1.00. The maximum atomic E-state index is 5.80. The summed E-state index contributed by atoms with van der Waals surface area (Å²) >= 11 is 0. The molecule has 0 aromatic rings. The van der Waals surface area contributed by atoms with Crippen LogP contribution in [-0.4, -0.2) is 71.8 Å². The molecule has 1 atom stereocenters. The number of methoxy groups -OCH3 is 1. The van der Waals surface area contributed by atoms with Gasteiger partial charge < -0.3 is 35.7 Å². The van der Waals surface area contributed by atoms with Crippen molar-refractivity contribution in [3.8, 4) is 0 Å². The molecule has 0 N–H and O–H groups in total. The predicted molar refractivity (Wildman–Crippen MR) is 130 cm³/mol. The van der Waals surface area contributed by atoms with Crippen molar-refractivity contribution in [3.05, 3.63) is 0 Å². The van der Waals surface area contributed by atoms with Gasteiger partial charge >= 0.3 is 0 Å². The van der Waals surface area contributed by atoms with Gasteiger partial charge in [-0.15, -0.1) is 0 Å². The van der Waals surface area contributed by atoms with E-state index >= 15 is 0 Å². The van der Waals surface area contributed by atoms with Crippen molar-refractivity contribution >= 4 is 0 Å². The number of rotatable bonds is 24. The van der Waals surface area contributed by atoms with E-state index < -0.39 is 0 Å². The normalized spacial score (nSPS) is 12.7. The SMILES string of the molecule is CCCCCCCCCCCCCCCCOCC(COCCC[N+](C)(C)C)OC.[Br-]. The van der Waals surface area contributed by atoms with Crippen LogP contribution in [0.1, 0.15) is 103 Å². The Bertz CT molecular complexity index is 337. The van der Waals surface area contributed by atoms with Gasteiger partial charge in [0, 0.05) is 20.1 Å². The molecule has 0 aliphatic rings. The Labute approximate surface area is 206 Å².